The number of hydrogen-bond acceptors (Lipinski definition) is 4. The number of aryl methyl sites for hydroxylation is 2. The fourth-order valence-corrected chi connectivity index (χ4v) is 6.40. The molecule has 2 aromatic carbocycles. The number of hydrogen-bond donors (Lipinski definition) is 2. The van der Waals surface area contributed by atoms with Crippen molar-refractivity contribution >= 4 is 47.4 Å². The highest BCUT2D eigenvalue weighted by molar-refractivity contribution is 7.68. The molecule has 0 aliphatic carbocycles. The van der Waals surface area contributed by atoms with Crippen LogP contribution in [0.3, 0.4) is 0 Å². The molecule has 5 nitrogen and oxygen atoms in total. The summed E-state index contributed by atoms with van der Waals surface area (Å²) in [6, 6.07) is 14.5. The van der Waals surface area contributed by atoms with Gasteiger partial charge >= 0.3 is 13.5 Å². The van der Waals surface area contributed by atoms with Gasteiger partial charge in [0.15, 0.2) is 0 Å². The van der Waals surface area contributed by atoms with Gasteiger partial charge in [0.2, 0.25) is 0 Å². The third kappa shape index (κ3) is 5.81. The number of thiophene rings is 1. The molecule has 1 heterocycles. The summed E-state index contributed by atoms with van der Waals surface area (Å²) >= 11 is 7.10. The Morgan fingerprint density at radius 1 is 1.16 bits per heavy atom. The van der Waals surface area contributed by atoms with Gasteiger partial charge in [0.25, 0.3) is 0 Å². The minimum Gasteiger partial charge on any atom is -0.477 e. The van der Waals surface area contributed by atoms with Gasteiger partial charge in [-0.05, 0) is 61.6 Å². The average molecular weight is 492 g/mol. The number of aromatic carboxylic acids is 1. The first-order valence-corrected chi connectivity index (χ1v) is 13.1. The van der Waals surface area contributed by atoms with Crippen LogP contribution in [0.5, 0.6) is 0 Å². The van der Waals surface area contributed by atoms with Crippen LogP contribution in [0.2, 0.25) is 5.02 Å². The van der Waals surface area contributed by atoms with Crippen molar-refractivity contribution in [3.8, 4) is 10.4 Å². The second kappa shape index (κ2) is 10.2. The summed E-state index contributed by atoms with van der Waals surface area (Å²) in [4.78, 5) is 12.8. The molecule has 0 fully saturated rings. The summed E-state index contributed by atoms with van der Waals surface area (Å²) < 4.78 is 20.1. The number of halogens is 1. The van der Waals surface area contributed by atoms with Gasteiger partial charge in [0.1, 0.15) is 4.88 Å². The molecule has 1 aromatic heterocycles. The first kappa shape index (κ1) is 24.5. The molecule has 170 valence electrons. The molecule has 0 radical (unpaired) electrons. The van der Waals surface area contributed by atoms with Crippen LogP contribution in [0.4, 0.5) is 5.69 Å². The fraction of sp³-hybridized carbons (Fsp3) is 0.292. The monoisotopic (exact) mass is 491 g/mol. The minimum absolute atomic E-state index is 0.0763. The quantitative estimate of drug-likeness (QED) is 0.305. The van der Waals surface area contributed by atoms with Crippen LogP contribution in [0.1, 0.15) is 41.1 Å². The molecule has 0 spiro atoms. The smallest absolute Gasteiger partial charge is 0.348 e. The fourth-order valence-electron chi connectivity index (χ4n) is 3.26. The number of carboxylic acids is 1. The predicted molar refractivity (Wildman–Crippen MR) is 134 cm³/mol. The lowest BCUT2D eigenvalue weighted by atomic mass is 10.2. The van der Waals surface area contributed by atoms with E-state index in [2.05, 4.69) is 18.9 Å². The second-order valence-corrected chi connectivity index (χ2v) is 11.7. The first-order valence-electron chi connectivity index (χ1n) is 10.3. The van der Waals surface area contributed by atoms with Crippen molar-refractivity contribution in [2.24, 2.45) is 5.92 Å². The van der Waals surface area contributed by atoms with Gasteiger partial charge in [-0.1, -0.05) is 55.3 Å². The van der Waals surface area contributed by atoms with E-state index in [4.69, 9.17) is 16.1 Å². The van der Waals surface area contributed by atoms with Gasteiger partial charge in [-0.25, -0.2) is 4.79 Å². The predicted octanol–water partition coefficient (Wildman–Crippen LogP) is 7.38. The highest BCUT2D eigenvalue weighted by Crippen LogP contribution is 2.49. The van der Waals surface area contributed by atoms with Gasteiger partial charge in [0, 0.05) is 9.90 Å². The van der Waals surface area contributed by atoms with Crippen molar-refractivity contribution in [2.45, 2.75) is 34.1 Å². The number of rotatable bonds is 9. The molecule has 0 bridgehead atoms. The summed E-state index contributed by atoms with van der Waals surface area (Å²) in [7, 11) is -3.59. The molecule has 3 rings (SSSR count). The molecule has 0 aliphatic heterocycles. The van der Waals surface area contributed by atoms with Crippen molar-refractivity contribution in [3.05, 3.63) is 69.6 Å². The Morgan fingerprint density at radius 3 is 2.44 bits per heavy atom. The number of carbonyl (C=O) groups is 1. The van der Waals surface area contributed by atoms with E-state index >= 15 is 0 Å². The molecular formula is C24H27ClNO4PS. The van der Waals surface area contributed by atoms with Gasteiger partial charge in [-0.15, -0.1) is 11.3 Å². The van der Waals surface area contributed by atoms with Crippen LogP contribution >= 0.6 is 30.5 Å². The Bertz CT molecular complexity index is 1160. The Hall–Kier alpha value is -2.11. The van der Waals surface area contributed by atoms with Crippen LogP contribution in [0.25, 0.3) is 10.4 Å². The third-order valence-corrected chi connectivity index (χ3v) is 8.60. The van der Waals surface area contributed by atoms with Crippen LogP contribution in [0.15, 0.2) is 48.5 Å². The zero-order valence-electron chi connectivity index (χ0n) is 18.5. The third-order valence-electron chi connectivity index (χ3n) is 4.96. The minimum atomic E-state index is -3.59. The van der Waals surface area contributed by atoms with E-state index in [0.29, 0.717) is 22.9 Å². The van der Waals surface area contributed by atoms with Crippen LogP contribution < -0.4 is 10.4 Å². The summed E-state index contributed by atoms with van der Waals surface area (Å²) in [6.07, 6.45) is 0.738. The molecule has 0 saturated heterocycles. The zero-order valence-corrected chi connectivity index (χ0v) is 21.0. The van der Waals surface area contributed by atoms with Crippen molar-refractivity contribution in [1.29, 1.82) is 0 Å². The molecule has 3 aromatic rings. The molecule has 0 amide bonds. The number of anilines is 1. The van der Waals surface area contributed by atoms with E-state index in [1.165, 1.54) is 0 Å². The van der Waals surface area contributed by atoms with E-state index in [0.717, 1.165) is 39.3 Å². The lowest BCUT2D eigenvalue weighted by Gasteiger charge is -2.23. The van der Waals surface area contributed by atoms with Gasteiger partial charge in [0.05, 0.1) is 17.6 Å². The number of carboxylic acid groups (broad SMARTS) is 1. The van der Waals surface area contributed by atoms with Crippen molar-refractivity contribution in [1.82, 2.24) is 0 Å². The van der Waals surface area contributed by atoms with Gasteiger partial charge in [-0.3, -0.25) is 4.57 Å². The molecule has 1 atom stereocenters. The van der Waals surface area contributed by atoms with E-state index in [1.807, 2.05) is 38.1 Å². The first-order chi connectivity index (χ1) is 15.1. The second-order valence-electron chi connectivity index (χ2n) is 8.13. The van der Waals surface area contributed by atoms with E-state index in [-0.39, 0.29) is 10.6 Å². The molecule has 32 heavy (non-hydrogen) atoms. The Kier molecular flexibility index (Phi) is 7.84. The van der Waals surface area contributed by atoms with E-state index in [9.17, 15) is 14.5 Å². The maximum absolute atomic E-state index is 14.1. The van der Waals surface area contributed by atoms with Crippen molar-refractivity contribution < 1.29 is 19.0 Å². The normalized spacial score (nSPS) is 13.2. The lowest BCUT2D eigenvalue weighted by Crippen LogP contribution is -2.18. The van der Waals surface area contributed by atoms with E-state index < -0.39 is 13.5 Å². The molecule has 0 aliphatic rings. The SMILES string of the molecule is Cc1ccc(P(=O)(Nc2cc(-c3ccc(Cl)cc3)sc2C(=O)O)OCCC(C)C)c(C)c1. The Labute approximate surface area is 197 Å². The number of nitrogens with one attached hydrogen (secondary N) is 1. The number of benzene rings is 2. The highest BCUT2D eigenvalue weighted by Gasteiger charge is 2.31. The van der Waals surface area contributed by atoms with Crippen LogP contribution in [-0.2, 0) is 9.09 Å². The Balaban J connectivity index is 2.03. The maximum Gasteiger partial charge on any atom is 0.348 e. The average Bonchev–Trinajstić information content (AvgIpc) is 3.11. The summed E-state index contributed by atoms with van der Waals surface area (Å²) in [5.41, 5.74) is 2.99. The van der Waals surface area contributed by atoms with Crippen molar-refractivity contribution in [2.75, 3.05) is 11.7 Å². The molecular weight excluding hydrogens is 465 g/mol. The maximum atomic E-state index is 14.1. The summed E-state index contributed by atoms with van der Waals surface area (Å²) in [5.74, 6) is -0.707. The largest absolute Gasteiger partial charge is 0.477 e. The van der Waals surface area contributed by atoms with Crippen LogP contribution in [-0.4, -0.2) is 17.7 Å². The lowest BCUT2D eigenvalue weighted by molar-refractivity contribution is 0.0703. The summed E-state index contributed by atoms with van der Waals surface area (Å²) in [5, 5.41) is 13.9. The molecule has 8 heteroatoms. The molecule has 2 N–H and O–H groups in total. The van der Waals surface area contributed by atoms with Gasteiger partial charge in [-0.2, -0.15) is 0 Å². The highest BCUT2D eigenvalue weighted by atomic mass is 35.5. The zero-order chi connectivity index (χ0) is 23.5. The molecule has 1 unspecified atom stereocenters. The van der Waals surface area contributed by atoms with Crippen molar-refractivity contribution in [3.63, 3.8) is 0 Å². The summed E-state index contributed by atoms with van der Waals surface area (Å²) in [6.45, 7) is 8.28. The standard InChI is InChI=1S/C24H27ClNO4PS/c1-15(2)11-12-30-31(29,21-10-5-16(3)13-17(21)4)26-20-14-22(32-23(20)24(27)28)18-6-8-19(25)9-7-18/h5-10,13-15H,11-12H2,1-4H3,(H,26,29)(H,27,28). The Morgan fingerprint density at radius 2 is 1.84 bits per heavy atom. The van der Waals surface area contributed by atoms with Crippen LogP contribution in [0, 0.1) is 19.8 Å². The van der Waals surface area contributed by atoms with E-state index in [1.54, 1.807) is 24.3 Å². The topological polar surface area (TPSA) is 75.6 Å². The van der Waals surface area contributed by atoms with Gasteiger partial charge < -0.3 is 14.7 Å². The molecule has 0 saturated carbocycles.